The van der Waals surface area contributed by atoms with Gasteiger partial charge in [0, 0.05) is 18.7 Å². The number of alkyl halides is 1. The minimum absolute atomic E-state index is 0.427. The van der Waals surface area contributed by atoms with E-state index in [1.165, 1.54) is 0 Å². The van der Waals surface area contributed by atoms with E-state index >= 15 is 0 Å². The van der Waals surface area contributed by atoms with E-state index < -0.39 is 0 Å². The fraction of sp³-hybridized carbons (Fsp3) is 0.364. The molecule has 0 aliphatic rings. The molecule has 15 heavy (non-hydrogen) atoms. The Morgan fingerprint density at radius 3 is 2.93 bits per heavy atom. The molecule has 2 heterocycles. The Hall–Kier alpha value is -1.22. The predicted octanol–water partition coefficient (Wildman–Crippen LogP) is 2.64. The normalized spacial score (nSPS) is 10.9. The molecule has 3 nitrogen and oxygen atoms in total. The van der Waals surface area contributed by atoms with E-state index in [2.05, 4.69) is 16.3 Å². The molecule has 0 fully saturated rings. The van der Waals surface area contributed by atoms with Gasteiger partial charge in [-0.15, -0.1) is 11.6 Å². The first-order chi connectivity index (χ1) is 7.30. The summed E-state index contributed by atoms with van der Waals surface area (Å²) in [7, 11) is 1.66. The molecule has 0 aliphatic heterocycles. The molecule has 0 saturated carbocycles. The van der Waals surface area contributed by atoms with Crippen molar-refractivity contribution in [1.29, 1.82) is 0 Å². The van der Waals surface area contributed by atoms with Gasteiger partial charge in [-0.2, -0.15) is 0 Å². The van der Waals surface area contributed by atoms with Crippen molar-refractivity contribution in [1.82, 2.24) is 9.38 Å². The summed E-state index contributed by atoms with van der Waals surface area (Å²) in [5.74, 6) is 2.29. The number of fused-ring (bicyclic) bond motifs is 1. The van der Waals surface area contributed by atoms with Crippen molar-refractivity contribution in [3.8, 4) is 5.75 Å². The van der Waals surface area contributed by atoms with Crippen LogP contribution in [0.1, 0.15) is 18.4 Å². The fourth-order valence-corrected chi connectivity index (χ4v) is 1.87. The van der Waals surface area contributed by atoms with E-state index in [9.17, 15) is 0 Å². The number of halogens is 1. The summed E-state index contributed by atoms with van der Waals surface area (Å²) in [5.41, 5.74) is 1.94. The molecule has 2 rings (SSSR count). The lowest BCUT2D eigenvalue weighted by atomic mass is 10.3. The largest absolute Gasteiger partial charge is 0.497 e. The molecule has 0 radical (unpaired) electrons. The number of ether oxygens (including phenoxy) is 1. The quantitative estimate of drug-likeness (QED) is 0.750. The van der Waals surface area contributed by atoms with Crippen molar-refractivity contribution in [3.05, 3.63) is 29.8 Å². The summed E-state index contributed by atoms with van der Waals surface area (Å²) in [6.07, 6.45) is 2.86. The van der Waals surface area contributed by atoms with Crippen molar-refractivity contribution >= 4 is 17.1 Å². The second-order valence-electron chi connectivity index (χ2n) is 3.28. The van der Waals surface area contributed by atoms with Gasteiger partial charge in [-0.3, -0.25) is 0 Å². The number of hydrogen-bond acceptors (Lipinski definition) is 2. The molecule has 0 unspecified atom stereocenters. The first-order valence-corrected chi connectivity index (χ1v) is 5.43. The van der Waals surface area contributed by atoms with Crippen LogP contribution in [0, 0.1) is 0 Å². The van der Waals surface area contributed by atoms with Crippen LogP contribution in [-0.4, -0.2) is 16.5 Å². The van der Waals surface area contributed by atoms with Gasteiger partial charge in [0.15, 0.2) is 0 Å². The standard InChI is InChI=1S/C11H13ClN2O/c1-3-11-13-9(7-12)10-6-8(15-2)4-5-14(10)11/h4-6H,3,7H2,1-2H3. The Morgan fingerprint density at radius 2 is 2.33 bits per heavy atom. The van der Waals surface area contributed by atoms with Crippen molar-refractivity contribution in [2.45, 2.75) is 19.2 Å². The van der Waals surface area contributed by atoms with Gasteiger partial charge < -0.3 is 9.14 Å². The number of hydrogen-bond donors (Lipinski definition) is 0. The van der Waals surface area contributed by atoms with E-state index in [1.54, 1.807) is 7.11 Å². The molecule has 2 aromatic rings. The molecule has 80 valence electrons. The van der Waals surface area contributed by atoms with Gasteiger partial charge in [0.1, 0.15) is 11.6 Å². The van der Waals surface area contributed by atoms with Crippen LogP contribution in [0.2, 0.25) is 0 Å². The Bertz CT molecular complexity index is 479. The third-order valence-corrected chi connectivity index (χ3v) is 2.70. The third-order valence-electron chi connectivity index (χ3n) is 2.44. The first kappa shape index (κ1) is 10.3. The molecule has 4 heteroatoms. The van der Waals surface area contributed by atoms with Crippen LogP contribution in [0.5, 0.6) is 5.75 Å². The number of rotatable bonds is 3. The first-order valence-electron chi connectivity index (χ1n) is 4.90. The summed E-state index contributed by atoms with van der Waals surface area (Å²) < 4.78 is 7.24. The molecule has 0 spiro atoms. The summed E-state index contributed by atoms with van der Waals surface area (Å²) in [5, 5.41) is 0. The highest BCUT2D eigenvalue weighted by Crippen LogP contribution is 2.20. The molecule has 0 aromatic carbocycles. The second kappa shape index (κ2) is 4.11. The fourth-order valence-electron chi connectivity index (χ4n) is 1.67. The molecule has 0 aliphatic carbocycles. The number of aryl methyl sites for hydroxylation is 1. The van der Waals surface area contributed by atoms with Crippen LogP contribution in [0.25, 0.3) is 5.52 Å². The maximum atomic E-state index is 5.86. The number of pyridine rings is 1. The van der Waals surface area contributed by atoms with Crippen molar-refractivity contribution in [3.63, 3.8) is 0 Å². The van der Waals surface area contributed by atoms with Crippen LogP contribution in [0.15, 0.2) is 18.3 Å². The number of imidazole rings is 1. The van der Waals surface area contributed by atoms with Gasteiger partial charge >= 0.3 is 0 Å². The molecule has 0 N–H and O–H groups in total. The van der Waals surface area contributed by atoms with Gasteiger partial charge in [-0.1, -0.05) is 6.92 Å². The zero-order valence-electron chi connectivity index (χ0n) is 8.83. The van der Waals surface area contributed by atoms with Crippen LogP contribution >= 0.6 is 11.6 Å². The van der Waals surface area contributed by atoms with E-state index in [4.69, 9.17) is 16.3 Å². The Balaban J connectivity index is 2.68. The zero-order chi connectivity index (χ0) is 10.8. The predicted molar refractivity (Wildman–Crippen MR) is 60.7 cm³/mol. The van der Waals surface area contributed by atoms with Gasteiger partial charge in [-0.05, 0) is 6.07 Å². The second-order valence-corrected chi connectivity index (χ2v) is 3.55. The van der Waals surface area contributed by atoms with Crippen molar-refractivity contribution < 1.29 is 4.74 Å². The molecular weight excluding hydrogens is 212 g/mol. The number of methoxy groups -OCH3 is 1. The summed E-state index contributed by atoms with van der Waals surface area (Å²) in [6.45, 7) is 2.08. The van der Waals surface area contributed by atoms with Gasteiger partial charge in [0.2, 0.25) is 0 Å². The minimum atomic E-state index is 0.427. The summed E-state index contributed by atoms with van der Waals surface area (Å²) in [4.78, 5) is 4.48. The SMILES string of the molecule is CCc1nc(CCl)c2cc(OC)ccn12. The van der Waals surface area contributed by atoms with Crippen LogP contribution < -0.4 is 4.74 Å². The van der Waals surface area contributed by atoms with Crippen LogP contribution in [-0.2, 0) is 12.3 Å². The minimum Gasteiger partial charge on any atom is -0.497 e. The highest BCUT2D eigenvalue weighted by molar-refractivity contribution is 6.17. The zero-order valence-corrected chi connectivity index (χ0v) is 9.58. The van der Waals surface area contributed by atoms with Gasteiger partial charge in [-0.25, -0.2) is 4.98 Å². The van der Waals surface area contributed by atoms with Crippen molar-refractivity contribution in [2.24, 2.45) is 0 Å². The lowest BCUT2D eigenvalue weighted by Crippen LogP contribution is -1.92. The number of nitrogens with zero attached hydrogens (tertiary/aromatic N) is 2. The Kier molecular flexibility index (Phi) is 2.82. The van der Waals surface area contributed by atoms with Crippen LogP contribution in [0.4, 0.5) is 0 Å². The Labute approximate surface area is 93.6 Å². The van der Waals surface area contributed by atoms with Crippen LogP contribution in [0.3, 0.4) is 0 Å². The Morgan fingerprint density at radius 1 is 1.53 bits per heavy atom. The van der Waals surface area contributed by atoms with Gasteiger partial charge in [0.05, 0.1) is 24.2 Å². The smallest absolute Gasteiger partial charge is 0.122 e. The number of aromatic nitrogens is 2. The maximum Gasteiger partial charge on any atom is 0.122 e. The lowest BCUT2D eigenvalue weighted by molar-refractivity contribution is 0.414. The van der Waals surface area contributed by atoms with E-state index in [0.29, 0.717) is 5.88 Å². The third kappa shape index (κ3) is 1.67. The molecular formula is C11H13ClN2O. The average molecular weight is 225 g/mol. The van der Waals surface area contributed by atoms with Crippen molar-refractivity contribution in [2.75, 3.05) is 7.11 Å². The summed E-state index contributed by atoms with van der Waals surface area (Å²) in [6, 6.07) is 3.88. The molecule has 2 aromatic heterocycles. The maximum absolute atomic E-state index is 5.86. The lowest BCUT2D eigenvalue weighted by Gasteiger charge is -2.02. The summed E-state index contributed by atoms with van der Waals surface area (Å²) >= 11 is 5.86. The van der Waals surface area contributed by atoms with E-state index in [-0.39, 0.29) is 0 Å². The topological polar surface area (TPSA) is 26.5 Å². The van der Waals surface area contributed by atoms with E-state index in [0.717, 1.165) is 29.2 Å². The molecule has 0 atom stereocenters. The highest BCUT2D eigenvalue weighted by atomic mass is 35.5. The monoisotopic (exact) mass is 224 g/mol. The van der Waals surface area contributed by atoms with E-state index in [1.807, 2.05) is 18.3 Å². The molecule has 0 bridgehead atoms. The molecule has 0 saturated heterocycles. The molecule has 0 amide bonds. The van der Waals surface area contributed by atoms with Gasteiger partial charge in [0.25, 0.3) is 0 Å². The average Bonchev–Trinajstić information content (AvgIpc) is 2.65. The highest BCUT2D eigenvalue weighted by Gasteiger charge is 2.09.